The number of thiophene rings is 1. The lowest BCUT2D eigenvalue weighted by Gasteiger charge is -2.11. The van der Waals surface area contributed by atoms with Crippen LogP contribution >= 0.6 is 11.3 Å². The van der Waals surface area contributed by atoms with Gasteiger partial charge in [0, 0.05) is 13.6 Å². The van der Waals surface area contributed by atoms with E-state index < -0.39 is 0 Å². The molecule has 0 saturated carbocycles. The summed E-state index contributed by atoms with van der Waals surface area (Å²) >= 11 is 1.28. The van der Waals surface area contributed by atoms with E-state index in [2.05, 4.69) is 17.2 Å². The molecular formula is C12H19N3O2S. The summed E-state index contributed by atoms with van der Waals surface area (Å²) in [5, 5.41) is 6.44. The van der Waals surface area contributed by atoms with Crippen LogP contribution in [0.2, 0.25) is 0 Å². The monoisotopic (exact) mass is 269 g/mol. The molecule has 1 aromatic rings. The number of amides is 1. The average Bonchev–Trinajstić information content (AvgIpc) is 2.63. The minimum atomic E-state index is -0.215. The van der Waals surface area contributed by atoms with Crippen molar-refractivity contribution in [3.63, 3.8) is 0 Å². The molecule has 0 bridgehead atoms. The average molecular weight is 269 g/mol. The van der Waals surface area contributed by atoms with Gasteiger partial charge in [0.25, 0.3) is 5.91 Å². The van der Waals surface area contributed by atoms with Crippen LogP contribution < -0.4 is 21.1 Å². The minimum Gasteiger partial charge on any atom is -0.486 e. The molecule has 0 fully saturated rings. The SMILES string of the molecule is C=CCNC(=O)c1sc(NC)c(OC(C)C)c1N. The highest BCUT2D eigenvalue weighted by atomic mass is 32.1. The Labute approximate surface area is 111 Å². The fourth-order valence-electron chi connectivity index (χ4n) is 1.36. The van der Waals surface area contributed by atoms with Gasteiger partial charge in [-0.15, -0.1) is 17.9 Å². The molecule has 5 nitrogen and oxygen atoms in total. The van der Waals surface area contributed by atoms with Crippen LogP contribution in [0.5, 0.6) is 5.75 Å². The second-order valence-corrected chi connectivity index (χ2v) is 4.94. The smallest absolute Gasteiger partial charge is 0.263 e. The fourth-order valence-corrected chi connectivity index (χ4v) is 2.28. The molecule has 1 amide bonds. The maximum Gasteiger partial charge on any atom is 0.263 e. The molecular weight excluding hydrogens is 250 g/mol. The van der Waals surface area contributed by atoms with Crippen LogP contribution in [0.15, 0.2) is 12.7 Å². The molecule has 0 aromatic carbocycles. The van der Waals surface area contributed by atoms with E-state index in [-0.39, 0.29) is 12.0 Å². The highest BCUT2D eigenvalue weighted by Crippen LogP contribution is 2.42. The van der Waals surface area contributed by atoms with Gasteiger partial charge in [-0.2, -0.15) is 0 Å². The zero-order valence-electron chi connectivity index (χ0n) is 10.9. The van der Waals surface area contributed by atoms with Crippen molar-refractivity contribution in [1.29, 1.82) is 0 Å². The molecule has 0 aliphatic carbocycles. The summed E-state index contributed by atoms with van der Waals surface area (Å²) < 4.78 is 5.63. The standard InChI is InChI=1S/C12H19N3O2S/c1-5-6-15-11(16)10-8(13)9(17-7(2)3)12(14-4)18-10/h5,7,14H,1,6,13H2,2-4H3,(H,15,16). The largest absolute Gasteiger partial charge is 0.486 e. The van der Waals surface area contributed by atoms with Crippen LogP contribution in [0.4, 0.5) is 10.7 Å². The number of anilines is 2. The van der Waals surface area contributed by atoms with Gasteiger partial charge in [0.15, 0.2) is 5.75 Å². The number of nitrogens with two attached hydrogens (primary N) is 1. The van der Waals surface area contributed by atoms with Gasteiger partial charge in [-0.3, -0.25) is 4.79 Å². The predicted molar refractivity (Wildman–Crippen MR) is 76.6 cm³/mol. The van der Waals surface area contributed by atoms with E-state index in [1.54, 1.807) is 13.1 Å². The lowest BCUT2D eigenvalue weighted by atomic mass is 10.3. The summed E-state index contributed by atoms with van der Waals surface area (Å²) in [6.07, 6.45) is 1.62. The number of carbonyl (C=O) groups excluding carboxylic acids is 1. The molecule has 1 rings (SSSR count). The van der Waals surface area contributed by atoms with Crippen LogP contribution in [0.3, 0.4) is 0 Å². The molecule has 0 radical (unpaired) electrons. The van der Waals surface area contributed by atoms with Crippen molar-refractivity contribution >= 4 is 27.9 Å². The Kier molecular flexibility index (Phi) is 5.03. The molecule has 0 aliphatic rings. The number of hydrogen-bond donors (Lipinski definition) is 3. The molecule has 18 heavy (non-hydrogen) atoms. The summed E-state index contributed by atoms with van der Waals surface area (Å²) in [5.74, 6) is 0.328. The number of nitrogens with one attached hydrogen (secondary N) is 2. The summed E-state index contributed by atoms with van der Waals surface area (Å²) in [4.78, 5) is 12.3. The van der Waals surface area contributed by atoms with E-state index >= 15 is 0 Å². The molecule has 0 saturated heterocycles. The second kappa shape index (κ2) is 6.30. The number of ether oxygens (including phenoxy) is 1. The van der Waals surface area contributed by atoms with Crippen LogP contribution in [0, 0.1) is 0 Å². The Morgan fingerprint density at radius 3 is 2.78 bits per heavy atom. The summed E-state index contributed by atoms with van der Waals surface area (Å²) in [5.41, 5.74) is 6.33. The van der Waals surface area contributed by atoms with Crippen molar-refractivity contribution in [3.8, 4) is 5.75 Å². The number of hydrogen-bond acceptors (Lipinski definition) is 5. The maximum absolute atomic E-state index is 11.9. The van der Waals surface area contributed by atoms with Crippen LogP contribution in [-0.2, 0) is 0 Å². The highest BCUT2D eigenvalue weighted by Gasteiger charge is 2.22. The number of nitrogen functional groups attached to an aromatic ring is 1. The van der Waals surface area contributed by atoms with Gasteiger partial charge in [0.1, 0.15) is 15.6 Å². The van der Waals surface area contributed by atoms with Crippen LogP contribution in [0.25, 0.3) is 0 Å². The minimum absolute atomic E-state index is 0.00177. The Morgan fingerprint density at radius 1 is 1.61 bits per heavy atom. The Hall–Kier alpha value is -1.69. The lowest BCUT2D eigenvalue weighted by molar-refractivity contribution is 0.0962. The zero-order valence-corrected chi connectivity index (χ0v) is 11.7. The molecule has 6 heteroatoms. The van der Waals surface area contributed by atoms with Gasteiger partial charge < -0.3 is 21.1 Å². The van der Waals surface area contributed by atoms with E-state index in [4.69, 9.17) is 10.5 Å². The van der Waals surface area contributed by atoms with Gasteiger partial charge in [0.05, 0.1) is 6.10 Å². The first-order valence-electron chi connectivity index (χ1n) is 5.67. The quantitative estimate of drug-likeness (QED) is 0.691. The van der Waals surface area contributed by atoms with E-state index in [0.717, 1.165) is 5.00 Å². The third kappa shape index (κ3) is 3.16. The fraction of sp³-hybridized carbons (Fsp3) is 0.417. The van der Waals surface area contributed by atoms with E-state index in [9.17, 15) is 4.79 Å². The first-order valence-corrected chi connectivity index (χ1v) is 6.48. The van der Waals surface area contributed by atoms with E-state index in [0.29, 0.717) is 22.9 Å². The molecule has 0 unspecified atom stereocenters. The maximum atomic E-state index is 11.9. The van der Waals surface area contributed by atoms with Gasteiger partial charge in [-0.1, -0.05) is 6.08 Å². The Balaban J connectivity index is 3.03. The van der Waals surface area contributed by atoms with Crippen molar-refractivity contribution in [2.75, 3.05) is 24.6 Å². The van der Waals surface area contributed by atoms with E-state index in [1.807, 2.05) is 13.8 Å². The Morgan fingerprint density at radius 2 is 2.28 bits per heavy atom. The predicted octanol–water partition coefficient (Wildman–Crippen LogP) is 2.08. The van der Waals surface area contributed by atoms with Crippen LogP contribution in [-0.4, -0.2) is 25.6 Å². The first kappa shape index (κ1) is 14.4. The van der Waals surface area contributed by atoms with Gasteiger partial charge in [0.2, 0.25) is 0 Å². The second-order valence-electron chi connectivity index (χ2n) is 3.92. The van der Waals surface area contributed by atoms with Gasteiger partial charge in [-0.05, 0) is 13.8 Å². The third-order valence-electron chi connectivity index (χ3n) is 2.09. The number of rotatable bonds is 6. The Bertz CT molecular complexity index is 441. The topological polar surface area (TPSA) is 76.4 Å². The zero-order chi connectivity index (χ0) is 13.7. The lowest BCUT2D eigenvalue weighted by Crippen LogP contribution is -2.23. The van der Waals surface area contributed by atoms with Crippen LogP contribution in [0.1, 0.15) is 23.5 Å². The molecule has 0 aliphatic heterocycles. The summed E-state index contributed by atoms with van der Waals surface area (Å²) in [6.45, 7) is 7.78. The molecule has 0 atom stereocenters. The van der Waals surface area contributed by atoms with Crippen molar-refractivity contribution < 1.29 is 9.53 Å². The highest BCUT2D eigenvalue weighted by molar-refractivity contribution is 7.19. The summed E-state index contributed by atoms with van der Waals surface area (Å²) in [6, 6.07) is 0. The molecule has 0 spiro atoms. The summed E-state index contributed by atoms with van der Waals surface area (Å²) in [7, 11) is 1.77. The van der Waals surface area contributed by atoms with E-state index in [1.165, 1.54) is 11.3 Å². The first-order chi connectivity index (χ1) is 8.51. The number of carbonyl (C=O) groups is 1. The van der Waals surface area contributed by atoms with Crippen molar-refractivity contribution in [1.82, 2.24) is 5.32 Å². The normalized spacial score (nSPS) is 10.2. The molecule has 1 heterocycles. The molecule has 100 valence electrons. The van der Waals surface area contributed by atoms with Gasteiger partial charge in [-0.25, -0.2) is 0 Å². The van der Waals surface area contributed by atoms with Gasteiger partial charge >= 0.3 is 0 Å². The van der Waals surface area contributed by atoms with Crippen molar-refractivity contribution in [3.05, 3.63) is 17.5 Å². The third-order valence-corrected chi connectivity index (χ3v) is 3.30. The molecule has 1 aromatic heterocycles. The van der Waals surface area contributed by atoms with Crippen molar-refractivity contribution in [2.24, 2.45) is 0 Å². The van der Waals surface area contributed by atoms with Crippen molar-refractivity contribution in [2.45, 2.75) is 20.0 Å². The molecule has 4 N–H and O–H groups in total.